The second-order valence-electron chi connectivity index (χ2n) is 6.51. The van der Waals surface area contributed by atoms with E-state index in [1.54, 1.807) is 29.2 Å². The molecule has 0 saturated carbocycles. The topological polar surface area (TPSA) is 80.3 Å². The molecule has 2 aromatic carbocycles. The summed E-state index contributed by atoms with van der Waals surface area (Å²) in [5.41, 5.74) is 2.13. The second kappa shape index (κ2) is 7.67. The van der Waals surface area contributed by atoms with Crippen molar-refractivity contribution in [3.8, 4) is 11.5 Å². The van der Waals surface area contributed by atoms with Crippen molar-refractivity contribution in [2.24, 2.45) is 0 Å². The molecule has 2 amide bonds. The fraction of sp³-hybridized carbons (Fsp3) is 0.300. The Morgan fingerprint density at radius 1 is 1.00 bits per heavy atom. The summed E-state index contributed by atoms with van der Waals surface area (Å²) in [5.74, 6) is 0.956. The molecule has 0 spiro atoms. The summed E-state index contributed by atoms with van der Waals surface area (Å²) in [6, 6.07) is 12.5. The summed E-state index contributed by atoms with van der Waals surface area (Å²) < 4.78 is 15.4. The maximum absolute atomic E-state index is 12.6. The average molecular weight is 383 g/mol. The molecule has 28 heavy (non-hydrogen) atoms. The van der Waals surface area contributed by atoms with Crippen LogP contribution in [0, 0.1) is 0 Å². The summed E-state index contributed by atoms with van der Waals surface area (Å²) in [7, 11) is 1.37. The van der Waals surface area contributed by atoms with Crippen LogP contribution < -0.4 is 19.7 Å². The lowest BCUT2D eigenvalue weighted by Gasteiger charge is -2.36. The molecule has 0 aromatic heterocycles. The van der Waals surface area contributed by atoms with Gasteiger partial charge < -0.3 is 29.3 Å². The standard InChI is InChI=1S/C20H21N3O5/c1-26-19(24)14-3-2-4-16(11-14)22-7-9-23(10-8-22)20(25)21-15-5-6-17-18(12-15)28-13-27-17/h2-6,11-12H,7-10,13H2,1H3,(H,21,25). The highest BCUT2D eigenvalue weighted by atomic mass is 16.7. The number of anilines is 2. The summed E-state index contributed by atoms with van der Waals surface area (Å²) in [6.07, 6.45) is 0. The number of ether oxygens (including phenoxy) is 3. The molecule has 1 N–H and O–H groups in total. The quantitative estimate of drug-likeness (QED) is 0.821. The first-order valence-electron chi connectivity index (χ1n) is 9.03. The van der Waals surface area contributed by atoms with Gasteiger partial charge >= 0.3 is 12.0 Å². The Hall–Kier alpha value is -3.42. The first-order valence-corrected chi connectivity index (χ1v) is 9.03. The minimum atomic E-state index is -0.358. The average Bonchev–Trinajstić information content (AvgIpc) is 3.21. The molecule has 1 fully saturated rings. The molecule has 0 atom stereocenters. The Kier molecular flexibility index (Phi) is 4.92. The molecule has 8 nitrogen and oxygen atoms in total. The monoisotopic (exact) mass is 383 g/mol. The fourth-order valence-corrected chi connectivity index (χ4v) is 3.29. The maximum atomic E-state index is 12.6. The minimum Gasteiger partial charge on any atom is -0.465 e. The van der Waals surface area contributed by atoms with Crippen LogP contribution in [0.5, 0.6) is 11.5 Å². The SMILES string of the molecule is COC(=O)c1cccc(N2CCN(C(=O)Nc3ccc4c(c3)OCO4)CC2)c1. The smallest absolute Gasteiger partial charge is 0.337 e. The number of piperazine rings is 1. The molecule has 0 aliphatic carbocycles. The zero-order chi connectivity index (χ0) is 19.5. The van der Waals surface area contributed by atoms with Crippen LogP contribution in [0.1, 0.15) is 10.4 Å². The molecule has 8 heteroatoms. The van der Waals surface area contributed by atoms with Crippen LogP contribution in [0.3, 0.4) is 0 Å². The Morgan fingerprint density at radius 3 is 2.57 bits per heavy atom. The summed E-state index contributed by atoms with van der Waals surface area (Å²) >= 11 is 0. The fourth-order valence-electron chi connectivity index (χ4n) is 3.29. The van der Waals surface area contributed by atoms with Gasteiger partial charge in [0.25, 0.3) is 0 Å². The molecule has 2 aliphatic heterocycles. The van der Waals surface area contributed by atoms with E-state index in [9.17, 15) is 9.59 Å². The van der Waals surface area contributed by atoms with Crippen LogP contribution in [0.4, 0.5) is 16.2 Å². The Morgan fingerprint density at radius 2 is 1.79 bits per heavy atom. The number of rotatable bonds is 3. The Labute approximate surface area is 162 Å². The lowest BCUT2D eigenvalue weighted by atomic mass is 10.1. The van der Waals surface area contributed by atoms with E-state index >= 15 is 0 Å². The predicted molar refractivity (Wildman–Crippen MR) is 103 cm³/mol. The number of hydrogen-bond donors (Lipinski definition) is 1. The van der Waals surface area contributed by atoms with Crippen molar-refractivity contribution in [3.63, 3.8) is 0 Å². The van der Waals surface area contributed by atoms with Crippen LogP contribution in [0.2, 0.25) is 0 Å². The summed E-state index contributed by atoms with van der Waals surface area (Å²) in [4.78, 5) is 28.2. The number of nitrogens with zero attached hydrogens (tertiary/aromatic N) is 2. The molecule has 4 rings (SSSR count). The highest BCUT2D eigenvalue weighted by molar-refractivity contribution is 5.91. The van der Waals surface area contributed by atoms with E-state index in [2.05, 4.69) is 10.2 Å². The predicted octanol–water partition coefficient (Wildman–Crippen LogP) is 2.56. The number of urea groups is 1. The molecule has 146 valence electrons. The second-order valence-corrected chi connectivity index (χ2v) is 6.51. The van der Waals surface area contributed by atoms with Crippen molar-refractivity contribution < 1.29 is 23.8 Å². The minimum absolute atomic E-state index is 0.151. The number of hydrogen-bond acceptors (Lipinski definition) is 6. The van der Waals surface area contributed by atoms with Crippen LogP contribution in [0.15, 0.2) is 42.5 Å². The molecule has 0 unspecified atom stereocenters. The van der Waals surface area contributed by atoms with Crippen molar-refractivity contribution in [2.75, 3.05) is 50.3 Å². The van der Waals surface area contributed by atoms with E-state index in [0.717, 1.165) is 5.69 Å². The number of methoxy groups -OCH3 is 1. The van der Waals surface area contributed by atoms with Crippen LogP contribution in [-0.4, -0.2) is 57.0 Å². The normalized spacial score (nSPS) is 15.3. The van der Waals surface area contributed by atoms with Crippen molar-refractivity contribution in [1.29, 1.82) is 0 Å². The summed E-state index contributed by atoms with van der Waals surface area (Å²) in [6.45, 7) is 2.72. The third-order valence-corrected chi connectivity index (χ3v) is 4.82. The molecule has 2 aliphatic rings. The molecule has 1 saturated heterocycles. The van der Waals surface area contributed by atoms with Gasteiger partial charge in [0.15, 0.2) is 11.5 Å². The largest absolute Gasteiger partial charge is 0.465 e. The molecule has 0 bridgehead atoms. The van der Waals surface area contributed by atoms with Gasteiger partial charge in [0.1, 0.15) is 0 Å². The third-order valence-electron chi connectivity index (χ3n) is 4.82. The van der Waals surface area contributed by atoms with E-state index in [1.807, 2.05) is 18.2 Å². The van der Waals surface area contributed by atoms with Crippen molar-refractivity contribution in [2.45, 2.75) is 0 Å². The van der Waals surface area contributed by atoms with E-state index in [1.165, 1.54) is 7.11 Å². The van der Waals surface area contributed by atoms with Gasteiger partial charge in [-0.2, -0.15) is 0 Å². The van der Waals surface area contributed by atoms with Gasteiger partial charge in [-0.15, -0.1) is 0 Å². The van der Waals surface area contributed by atoms with Gasteiger partial charge in [0.05, 0.1) is 12.7 Å². The van der Waals surface area contributed by atoms with Gasteiger partial charge in [0.2, 0.25) is 6.79 Å². The number of esters is 1. The zero-order valence-corrected chi connectivity index (χ0v) is 15.5. The lowest BCUT2D eigenvalue weighted by Crippen LogP contribution is -2.50. The van der Waals surface area contributed by atoms with Gasteiger partial charge in [-0.25, -0.2) is 9.59 Å². The highest BCUT2D eigenvalue weighted by Gasteiger charge is 2.22. The highest BCUT2D eigenvalue weighted by Crippen LogP contribution is 2.34. The molecular weight excluding hydrogens is 362 g/mol. The summed E-state index contributed by atoms with van der Waals surface area (Å²) in [5, 5.41) is 2.90. The van der Waals surface area contributed by atoms with Crippen molar-refractivity contribution >= 4 is 23.4 Å². The lowest BCUT2D eigenvalue weighted by molar-refractivity contribution is 0.0600. The van der Waals surface area contributed by atoms with E-state index in [-0.39, 0.29) is 18.8 Å². The number of nitrogens with one attached hydrogen (secondary N) is 1. The first-order chi connectivity index (χ1) is 13.6. The Balaban J connectivity index is 1.35. The Bertz CT molecular complexity index is 893. The van der Waals surface area contributed by atoms with E-state index in [0.29, 0.717) is 48.9 Å². The van der Waals surface area contributed by atoms with Gasteiger partial charge in [0, 0.05) is 43.6 Å². The van der Waals surface area contributed by atoms with E-state index in [4.69, 9.17) is 14.2 Å². The van der Waals surface area contributed by atoms with Gasteiger partial charge in [-0.3, -0.25) is 0 Å². The van der Waals surface area contributed by atoms with Gasteiger partial charge in [-0.1, -0.05) is 6.07 Å². The zero-order valence-electron chi connectivity index (χ0n) is 15.5. The number of amides is 2. The number of carbonyl (C=O) groups excluding carboxylic acids is 2. The van der Waals surface area contributed by atoms with Crippen molar-refractivity contribution in [1.82, 2.24) is 4.90 Å². The molecular formula is C20H21N3O5. The number of benzene rings is 2. The maximum Gasteiger partial charge on any atom is 0.337 e. The number of carbonyl (C=O) groups is 2. The van der Waals surface area contributed by atoms with Crippen LogP contribution >= 0.6 is 0 Å². The number of fused-ring (bicyclic) bond motifs is 1. The third kappa shape index (κ3) is 3.66. The molecule has 0 radical (unpaired) electrons. The molecule has 2 heterocycles. The van der Waals surface area contributed by atoms with E-state index < -0.39 is 0 Å². The van der Waals surface area contributed by atoms with Crippen molar-refractivity contribution in [3.05, 3.63) is 48.0 Å². The van der Waals surface area contributed by atoms with Gasteiger partial charge in [-0.05, 0) is 30.3 Å². The molecule has 2 aromatic rings. The van der Waals surface area contributed by atoms with Crippen LogP contribution in [-0.2, 0) is 4.74 Å². The first kappa shape index (κ1) is 18.0. The van der Waals surface area contributed by atoms with Crippen LogP contribution in [0.25, 0.3) is 0 Å².